The molecule has 0 unspecified atom stereocenters. The highest BCUT2D eigenvalue weighted by Gasteiger charge is 2.25. The van der Waals surface area contributed by atoms with Gasteiger partial charge in [-0.1, -0.05) is 5.92 Å². The number of hydrogen-bond donors (Lipinski definition) is 1. The molecule has 1 aromatic carbocycles. The van der Waals surface area contributed by atoms with E-state index < -0.39 is 43.7 Å². The van der Waals surface area contributed by atoms with Crippen molar-refractivity contribution in [2.75, 3.05) is 6.54 Å². The molecule has 0 saturated carbocycles. The summed E-state index contributed by atoms with van der Waals surface area (Å²) in [5.74, 6) is -0.965. The van der Waals surface area contributed by atoms with Crippen molar-refractivity contribution in [3.8, 4) is 12.3 Å². The molecule has 0 radical (unpaired) electrons. The van der Waals surface area contributed by atoms with Crippen molar-refractivity contribution < 1.29 is 22.1 Å². The first-order valence-corrected chi connectivity index (χ1v) is 5.84. The number of nitrogens with zero attached hydrogens (tertiary/aromatic N) is 1. The van der Waals surface area contributed by atoms with Crippen LogP contribution in [-0.4, -0.2) is 19.9 Å². The third kappa shape index (κ3) is 2.79. The van der Waals surface area contributed by atoms with E-state index in [1.54, 1.807) is 4.72 Å². The van der Waals surface area contributed by atoms with Crippen molar-refractivity contribution in [3.63, 3.8) is 0 Å². The molecule has 0 aromatic heterocycles. The van der Waals surface area contributed by atoms with E-state index in [2.05, 4.69) is 0 Å². The molecule has 1 N–H and O–H groups in total. The van der Waals surface area contributed by atoms with E-state index >= 15 is 0 Å². The number of benzene rings is 1. The van der Waals surface area contributed by atoms with Gasteiger partial charge in [-0.2, -0.15) is 9.11 Å². The SMILES string of the molecule is C#CCNS(=O)(=O)c1cc([N+](=O)[O-])c(F)cc1F. The largest absolute Gasteiger partial charge is 0.306 e. The van der Waals surface area contributed by atoms with Gasteiger partial charge < -0.3 is 0 Å². The van der Waals surface area contributed by atoms with Gasteiger partial charge in [0.05, 0.1) is 11.5 Å². The third-order valence-corrected chi connectivity index (χ3v) is 3.27. The lowest BCUT2D eigenvalue weighted by molar-refractivity contribution is -0.387. The lowest BCUT2D eigenvalue weighted by Crippen LogP contribution is -2.25. The molecule has 18 heavy (non-hydrogen) atoms. The number of nitrogens with one attached hydrogen (secondary N) is 1. The first-order chi connectivity index (χ1) is 8.29. The van der Waals surface area contributed by atoms with Crippen molar-refractivity contribution in [2.24, 2.45) is 0 Å². The number of nitro groups is 1. The normalized spacial score (nSPS) is 10.9. The molecule has 96 valence electrons. The summed E-state index contributed by atoms with van der Waals surface area (Å²) in [7, 11) is -4.36. The van der Waals surface area contributed by atoms with Gasteiger partial charge in [0.1, 0.15) is 10.7 Å². The number of nitro benzene ring substituents is 1. The third-order valence-electron chi connectivity index (χ3n) is 1.85. The smallest absolute Gasteiger partial charge is 0.258 e. The fraction of sp³-hybridized carbons (Fsp3) is 0.111. The van der Waals surface area contributed by atoms with Crippen LogP contribution in [0, 0.1) is 34.1 Å². The monoisotopic (exact) mass is 276 g/mol. The van der Waals surface area contributed by atoms with Crippen LogP contribution < -0.4 is 4.72 Å². The second-order valence-corrected chi connectivity index (χ2v) is 4.76. The Bertz CT molecular complexity index is 637. The molecule has 0 bridgehead atoms. The van der Waals surface area contributed by atoms with Gasteiger partial charge >= 0.3 is 5.69 Å². The topological polar surface area (TPSA) is 89.3 Å². The number of terminal acetylenes is 1. The molecule has 0 saturated heterocycles. The van der Waals surface area contributed by atoms with Gasteiger partial charge in [0.25, 0.3) is 0 Å². The van der Waals surface area contributed by atoms with Gasteiger partial charge in [-0.05, 0) is 0 Å². The molecule has 1 rings (SSSR count). The van der Waals surface area contributed by atoms with Gasteiger partial charge in [-0.3, -0.25) is 10.1 Å². The zero-order chi connectivity index (χ0) is 13.9. The summed E-state index contributed by atoms with van der Waals surface area (Å²) in [4.78, 5) is 8.23. The molecule has 0 aliphatic carbocycles. The van der Waals surface area contributed by atoms with E-state index in [9.17, 15) is 27.3 Å². The van der Waals surface area contributed by atoms with Crippen LogP contribution in [0.1, 0.15) is 0 Å². The lowest BCUT2D eigenvalue weighted by Gasteiger charge is -2.05. The minimum atomic E-state index is -4.36. The van der Waals surface area contributed by atoms with E-state index in [-0.39, 0.29) is 6.07 Å². The molecular formula is C9H6F2N2O4S. The van der Waals surface area contributed by atoms with Crippen LogP contribution in [0.15, 0.2) is 17.0 Å². The summed E-state index contributed by atoms with van der Waals surface area (Å²) < 4.78 is 51.1. The Kier molecular flexibility index (Phi) is 3.95. The average Bonchev–Trinajstić information content (AvgIpc) is 2.25. The Labute approximate surface area is 101 Å². The molecule has 0 aliphatic rings. The van der Waals surface area contributed by atoms with Gasteiger partial charge in [-0.15, -0.1) is 6.42 Å². The number of sulfonamides is 1. The Balaban J connectivity index is 3.38. The van der Waals surface area contributed by atoms with E-state index in [0.717, 1.165) is 0 Å². The van der Waals surface area contributed by atoms with E-state index in [1.165, 1.54) is 0 Å². The van der Waals surface area contributed by atoms with E-state index in [4.69, 9.17) is 6.42 Å². The summed E-state index contributed by atoms with van der Waals surface area (Å²) in [5, 5.41) is 10.4. The molecule has 9 heteroatoms. The van der Waals surface area contributed by atoms with Gasteiger partial charge in [-0.25, -0.2) is 12.8 Å². The Morgan fingerprint density at radius 1 is 1.39 bits per heavy atom. The summed E-state index contributed by atoms with van der Waals surface area (Å²) in [5.41, 5.74) is -1.14. The maximum atomic E-state index is 13.3. The molecule has 0 aliphatic heterocycles. The minimum Gasteiger partial charge on any atom is -0.258 e. The second kappa shape index (κ2) is 5.07. The van der Waals surface area contributed by atoms with Crippen LogP contribution in [-0.2, 0) is 10.0 Å². The zero-order valence-corrected chi connectivity index (χ0v) is 9.50. The summed E-state index contributed by atoms with van der Waals surface area (Å²) in [6, 6.07) is 0.423. The first kappa shape index (κ1) is 14.0. The first-order valence-electron chi connectivity index (χ1n) is 4.36. The molecule has 0 heterocycles. The number of rotatable bonds is 4. The predicted octanol–water partition coefficient (Wildman–Crippen LogP) is 0.785. The van der Waals surface area contributed by atoms with Crippen LogP contribution in [0.25, 0.3) is 0 Å². The molecular weight excluding hydrogens is 270 g/mol. The van der Waals surface area contributed by atoms with Crippen molar-refractivity contribution in [1.82, 2.24) is 4.72 Å². The highest BCUT2D eigenvalue weighted by Crippen LogP contribution is 2.24. The van der Waals surface area contributed by atoms with Crippen LogP contribution in [0.4, 0.5) is 14.5 Å². The summed E-state index contributed by atoms with van der Waals surface area (Å²) in [6.45, 7) is -0.424. The lowest BCUT2D eigenvalue weighted by atomic mass is 10.3. The molecule has 0 spiro atoms. The molecule has 0 fully saturated rings. The predicted molar refractivity (Wildman–Crippen MR) is 57.0 cm³/mol. The Morgan fingerprint density at radius 2 is 2.00 bits per heavy atom. The zero-order valence-electron chi connectivity index (χ0n) is 8.68. The van der Waals surface area contributed by atoms with Gasteiger partial charge in [0.15, 0.2) is 0 Å². The summed E-state index contributed by atoms with van der Waals surface area (Å²) >= 11 is 0. The van der Waals surface area contributed by atoms with Gasteiger partial charge in [0.2, 0.25) is 15.8 Å². The van der Waals surface area contributed by atoms with Crippen molar-refractivity contribution in [3.05, 3.63) is 33.9 Å². The average molecular weight is 276 g/mol. The standard InChI is InChI=1S/C9H6F2N2O4S/c1-2-3-12-18(16,17)9-5-8(13(14)15)6(10)4-7(9)11/h1,4-5,12H,3H2. The molecule has 1 aromatic rings. The molecule has 6 nitrogen and oxygen atoms in total. The van der Waals surface area contributed by atoms with Gasteiger partial charge in [0, 0.05) is 12.1 Å². The molecule has 0 atom stereocenters. The fourth-order valence-electron chi connectivity index (χ4n) is 1.08. The van der Waals surface area contributed by atoms with Crippen molar-refractivity contribution >= 4 is 15.7 Å². The number of hydrogen-bond acceptors (Lipinski definition) is 4. The quantitative estimate of drug-likeness (QED) is 0.500. The maximum Gasteiger partial charge on any atom is 0.306 e. The van der Waals surface area contributed by atoms with Crippen molar-refractivity contribution in [1.29, 1.82) is 0 Å². The van der Waals surface area contributed by atoms with Crippen LogP contribution in [0.2, 0.25) is 0 Å². The fourth-order valence-corrected chi connectivity index (χ4v) is 2.09. The highest BCUT2D eigenvalue weighted by molar-refractivity contribution is 7.89. The van der Waals surface area contributed by atoms with Crippen LogP contribution in [0.5, 0.6) is 0 Å². The maximum absolute atomic E-state index is 13.3. The van der Waals surface area contributed by atoms with Crippen molar-refractivity contribution in [2.45, 2.75) is 4.90 Å². The van der Waals surface area contributed by atoms with E-state index in [0.29, 0.717) is 6.07 Å². The summed E-state index contributed by atoms with van der Waals surface area (Å²) in [6.07, 6.45) is 4.82. The Hall–Kier alpha value is -2.05. The molecule has 0 amide bonds. The Morgan fingerprint density at radius 3 is 2.50 bits per heavy atom. The second-order valence-electron chi connectivity index (χ2n) is 3.02. The highest BCUT2D eigenvalue weighted by atomic mass is 32.2. The van der Waals surface area contributed by atoms with Crippen LogP contribution in [0.3, 0.4) is 0 Å². The van der Waals surface area contributed by atoms with Crippen LogP contribution >= 0.6 is 0 Å². The minimum absolute atomic E-state index is 0.128. The number of halogens is 2. The van der Waals surface area contributed by atoms with E-state index in [1.807, 2.05) is 5.92 Å².